The highest BCUT2D eigenvalue weighted by molar-refractivity contribution is 5.95. The number of aromatic hydroxyl groups is 1. The molecule has 1 saturated heterocycles. The highest BCUT2D eigenvalue weighted by atomic mass is 19.1. The van der Waals surface area contributed by atoms with Crippen LogP contribution in [0, 0.1) is 5.82 Å². The van der Waals surface area contributed by atoms with Crippen LogP contribution in [0.4, 0.5) is 10.1 Å². The van der Waals surface area contributed by atoms with E-state index in [0.29, 0.717) is 38.8 Å². The third kappa shape index (κ3) is 4.43. The Hall–Kier alpha value is -2.80. The first-order valence-corrected chi connectivity index (χ1v) is 8.42. The fourth-order valence-corrected chi connectivity index (χ4v) is 2.72. The van der Waals surface area contributed by atoms with Gasteiger partial charge in [-0.15, -0.1) is 0 Å². The van der Waals surface area contributed by atoms with E-state index < -0.39 is 5.82 Å². The molecule has 2 N–H and O–H groups in total. The van der Waals surface area contributed by atoms with Crippen molar-refractivity contribution in [1.82, 2.24) is 4.90 Å². The van der Waals surface area contributed by atoms with Crippen molar-refractivity contribution < 1.29 is 19.0 Å². The molecule has 138 valence electrons. The minimum atomic E-state index is -0.434. The molecular formula is C19H22FN3O3. The van der Waals surface area contributed by atoms with Crippen molar-refractivity contribution in [2.75, 3.05) is 38.7 Å². The van der Waals surface area contributed by atoms with Gasteiger partial charge in [0.15, 0.2) is 5.96 Å². The Morgan fingerprint density at radius 2 is 2.04 bits per heavy atom. The van der Waals surface area contributed by atoms with Crippen LogP contribution in [0.3, 0.4) is 0 Å². The van der Waals surface area contributed by atoms with Crippen molar-refractivity contribution in [3.05, 3.63) is 53.8 Å². The zero-order chi connectivity index (χ0) is 18.4. The van der Waals surface area contributed by atoms with Gasteiger partial charge in [0.05, 0.1) is 32.6 Å². The number of phenols is 1. The fourth-order valence-electron chi connectivity index (χ4n) is 2.72. The molecule has 6 nitrogen and oxygen atoms in total. The number of methoxy groups -OCH3 is 1. The van der Waals surface area contributed by atoms with Crippen molar-refractivity contribution in [2.24, 2.45) is 4.99 Å². The molecule has 0 aromatic heterocycles. The van der Waals surface area contributed by atoms with E-state index in [2.05, 4.69) is 10.3 Å². The standard InChI is InChI=1S/C19H22FN3O3/c1-25-18-5-3-2-4-14(18)13-21-19(23-8-10-26-11-9-23)22-16-12-15(20)6-7-17(16)24/h2-7,12,24H,8-11,13H2,1H3,(H,21,22). The van der Waals surface area contributed by atoms with E-state index in [1.807, 2.05) is 29.2 Å². The Labute approximate surface area is 151 Å². The summed E-state index contributed by atoms with van der Waals surface area (Å²) in [7, 11) is 1.62. The number of benzene rings is 2. The second-order valence-corrected chi connectivity index (χ2v) is 5.84. The molecule has 1 aliphatic rings. The van der Waals surface area contributed by atoms with Gasteiger partial charge in [-0.25, -0.2) is 9.38 Å². The zero-order valence-corrected chi connectivity index (χ0v) is 14.6. The minimum Gasteiger partial charge on any atom is -0.506 e. The number of rotatable bonds is 4. The molecule has 0 spiro atoms. The number of aliphatic imine (C=N–C) groups is 1. The number of hydrogen-bond acceptors (Lipinski definition) is 4. The Bertz CT molecular complexity index is 776. The number of morpholine rings is 1. The Morgan fingerprint density at radius 1 is 1.27 bits per heavy atom. The average Bonchev–Trinajstić information content (AvgIpc) is 2.68. The lowest BCUT2D eigenvalue weighted by Gasteiger charge is -2.30. The maximum Gasteiger partial charge on any atom is 0.199 e. The zero-order valence-electron chi connectivity index (χ0n) is 14.6. The van der Waals surface area contributed by atoms with Gasteiger partial charge in [-0.05, 0) is 18.2 Å². The van der Waals surface area contributed by atoms with Crippen LogP contribution in [0.2, 0.25) is 0 Å². The third-order valence-electron chi connectivity index (χ3n) is 4.11. The van der Waals surface area contributed by atoms with Crippen LogP contribution >= 0.6 is 0 Å². The molecule has 1 aliphatic heterocycles. The largest absolute Gasteiger partial charge is 0.506 e. The lowest BCUT2D eigenvalue weighted by molar-refractivity contribution is 0.0679. The van der Waals surface area contributed by atoms with E-state index in [0.717, 1.165) is 11.3 Å². The molecule has 3 rings (SSSR count). The summed E-state index contributed by atoms with van der Waals surface area (Å²) in [5.41, 5.74) is 1.21. The number of halogens is 1. The smallest absolute Gasteiger partial charge is 0.199 e. The lowest BCUT2D eigenvalue weighted by Crippen LogP contribution is -2.44. The summed E-state index contributed by atoms with van der Waals surface area (Å²) in [5.74, 6) is 0.840. The van der Waals surface area contributed by atoms with Crippen LogP contribution < -0.4 is 10.1 Å². The number of anilines is 1. The third-order valence-corrected chi connectivity index (χ3v) is 4.11. The predicted octanol–water partition coefficient (Wildman–Crippen LogP) is 2.84. The molecule has 0 aliphatic carbocycles. The molecule has 0 unspecified atom stereocenters. The average molecular weight is 359 g/mol. The molecule has 1 fully saturated rings. The summed E-state index contributed by atoms with van der Waals surface area (Å²) in [6.45, 7) is 2.89. The van der Waals surface area contributed by atoms with Gasteiger partial charge in [-0.3, -0.25) is 0 Å². The quantitative estimate of drug-likeness (QED) is 0.499. The van der Waals surface area contributed by atoms with Gasteiger partial charge in [-0.2, -0.15) is 0 Å². The Morgan fingerprint density at radius 3 is 2.81 bits per heavy atom. The number of guanidine groups is 1. The summed E-state index contributed by atoms with van der Waals surface area (Å²) in [4.78, 5) is 6.67. The van der Waals surface area contributed by atoms with Crippen LogP contribution in [-0.4, -0.2) is 49.4 Å². The van der Waals surface area contributed by atoms with Crippen LogP contribution in [0.25, 0.3) is 0 Å². The van der Waals surface area contributed by atoms with Crippen molar-refractivity contribution in [3.8, 4) is 11.5 Å². The molecule has 0 saturated carbocycles. The molecule has 0 atom stereocenters. The topological polar surface area (TPSA) is 66.3 Å². The highest BCUT2D eigenvalue weighted by Crippen LogP contribution is 2.24. The van der Waals surface area contributed by atoms with E-state index in [1.165, 1.54) is 18.2 Å². The second kappa shape index (κ2) is 8.53. The molecule has 2 aromatic rings. The van der Waals surface area contributed by atoms with Crippen molar-refractivity contribution >= 4 is 11.6 Å². The number of hydrogen-bond donors (Lipinski definition) is 2. The van der Waals surface area contributed by atoms with E-state index >= 15 is 0 Å². The highest BCUT2D eigenvalue weighted by Gasteiger charge is 2.17. The number of phenolic OH excluding ortho intramolecular Hbond substituents is 1. The molecular weight excluding hydrogens is 337 g/mol. The summed E-state index contributed by atoms with van der Waals surface area (Å²) < 4.78 is 24.3. The van der Waals surface area contributed by atoms with Crippen LogP contribution in [0.15, 0.2) is 47.5 Å². The predicted molar refractivity (Wildman–Crippen MR) is 98.2 cm³/mol. The normalized spacial score (nSPS) is 15.0. The number of nitrogens with zero attached hydrogens (tertiary/aromatic N) is 2. The summed E-state index contributed by atoms with van der Waals surface area (Å²) >= 11 is 0. The van der Waals surface area contributed by atoms with Crippen LogP contribution in [0.1, 0.15) is 5.56 Å². The fraction of sp³-hybridized carbons (Fsp3) is 0.316. The van der Waals surface area contributed by atoms with Crippen LogP contribution in [-0.2, 0) is 11.3 Å². The van der Waals surface area contributed by atoms with Gasteiger partial charge in [0.2, 0.25) is 0 Å². The molecule has 26 heavy (non-hydrogen) atoms. The maximum atomic E-state index is 13.5. The first-order chi connectivity index (χ1) is 12.7. The van der Waals surface area contributed by atoms with Gasteiger partial charge < -0.3 is 24.8 Å². The van der Waals surface area contributed by atoms with Gasteiger partial charge in [0.1, 0.15) is 17.3 Å². The van der Waals surface area contributed by atoms with E-state index in [-0.39, 0.29) is 11.4 Å². The molecule has 0 radical (unpaired) electrons. The van der Waals surface area contributed by atoms with E-state index in [9.17, 15) is 9.50 Å². The van der Waals surface area contributed by atoms with E-state index in [1.54, 1.807) is 7.11 Å². The summed E-state index contributed by atoms with van der Waals surface area (Å²) in [5, 5.41) is 13.1. The number of nitrogens with one attached hydrogen (secondary N) is 1. The van der Waals surface area contributed by atoms with Crippen LogP contribution in [0.5, 0.6) is 11.5 Å². The molecule has 2 aromatic carbocycles. The molecule has 0 bridgehead atoms. The second-order valence-electron chi connectivity index (χ2n) is 5.84. The Balaban J connectivity index is 1.86. The van der Waals surface area contributed by atoms with E-state index in [4.69, 9.17) is 9.47 Å². The molecule has 7 heteroatoms. The van der Waals surface area contributed by atoms with Crippen molar-refractivity contribution in [3.63, 3.8) is 0 Å². The first kappa shape index (κ1) is 18.0. The molecule has 1 heterocycles. The van der Waals surface area contributed by atoms with Gasteiger partial charge in [-0.1, -0.05) is 18.2 Å². The molecule has 0 amide bonds. The first-order valence-electron chi connectivity index (χ1n) is 8.42. The van der Waals surface area contributed by atoms with Gasteiger partial charge >= 0.3 is 0 Å². The van der Waals surface area contributed by atoms with Gasteiger partial charge in [0.25, 0.3) is 0 Å². The minimum absolute atomic E-state index is 0.0374. The summed E-state index contributed by atoms with van der Waals surface area (Å²) in [6.07, 6.45) is 0. The Kier molecular flexibility index (Phi) is 5.91. The van der Waals surface area contributed by atoms with Gasteiger partial charge in [0, 0.05) is 24.7 Å². The number of para-hydroxylation sites is 1. The summed E-state index contributed by atoms with van der Waals surface area (Å²) in [6, 6.07) is 11.4. The monoisotopic (exact) mass is 359 g/mol. The lowest BCUT2D eigenvalue weighted by atomic mass is 10.2. The van der Waals surface area contributed by atoms with Crippen molar-refractivity contribution in [2.45, 2.75) is 6.54 Å². The van der Waals surface area contributed by atoms with Crippen molar-refractivity contribution in [1.29, 1.82) is 0 Å². The number of ether oxygens (including phenoxy) is 2. The SMILES string of the molecule is COc1ccccc1CN=C(Nc1cc(F)ccc1O)N1CCOCC1. The maximum absolute atomic E-state index is 13.5.